The number of aryl methyl sites for hydroxylation is 1. The summed E-state index contributed by atoms with van der Waals surface area (Å²) in [7, 11) is -3.44. The van der Waals surface area contributed by atoms with E-state index in [2.05, 4.69) is 5.32 Å². The van der Waals surface area contributed by atoms with Crippen molar-refractivity contribution in [2.24, 2.45) is 0 Å². The van der Waals surface area contributed by atoms with Gasteiger partial charge < -0.3 is 5.32 Å². The van der Waals surface area contributed by atoms with Gasteiger partial charge in [-0.05, 0) is 36.1 Å². The maximum absolute atomic E-state index is 12.1. The number of nitrogens with zero attached hydrogens (tertiary/aromatic N) is 1. The monoisotopic (exact) mass is 374 g/mol. The summed E-state index contributed by atoms with van der Waals surface area (Å²) in [5.41, 5.74) is 2.88. The number of sulfonamides is 1. The number of anilines is 1. The van der Waals surface area contributed by atoms with Crippen molar-refractivity contribution in [3.8, 4) is 0 Å². The molecule has 0 bridgehead atoms. The smallest absolute Gasteiger partial charge is 0.232 e. The number of benzene rings is 2. The van der Waals surface area contributed by atoms with Crippen LogP contribution in [0, 0.1) is 0 Å². The SMILES string of the molecule is CCc1ccc(N(CCC(=O)NCCc2ccccc2)S(C)(=O)=O)cc1. The molecule has 0 aliphatic carbocycles. The van der Waals surface area contributed by atoms with E-state index in [9.17, 15) is 13.2 Å². The molecule has 0 aromatic heterocycles. The first-order valence-electron chi connectivity index (χ1n) is 8.77. The molecule has 6 heteroatoms. The second-order valence-electron chi connectivity index (χ2n) is 6.19. The molecule has 5 nitrogen and oxygen atoms in total. The molecule has 0 aliphatic heterocycles. The highest BCUT2D eigenvalue weighted by atomic mass is 32.2. The van der Waals surface area contributed by atoms with Crippen LogP contribution in [0.3, 0.4) is 0 Å². The van der Waals surface area contributed by atoms with E-state index in [4.69, 9.17) is 0 Å². The molecule has 140 valence electrons. The summed E-state index contributed by atoms with van der Waals surface area (Å²) in [5, 5.41) is 2.85. The van der Waals surface area contributed by atoms with Gasteiger partial charge in [-0.2, -0.15) is 0 Å². The van der Waals surface area contributed by atoms with Gasteiger partial charge in [0, 0.05) is 19.5 Å². The maximum Gasteiger partial charge on any atom is 0.232 e. The lowest BCUT2D eigenvalue weighted by Gasteiger charge is -2.22. The van der Waals surface area contributed by atoms with E-state index in [0.29, 0.717) is 12.2 Å². The van der Waals surface area contributed by atoms with Crippen LogP contribution >= 0.6 is 0 Å². The molecular formula is C20H26N2O3S. The number of hydrogen-bond acceptors (Lipinski definition) is 3. The minimum absolute atomic E-state index is 0.122. The second kappa shape index (κ2) is 9.38. The molecule has 2 aromatic carbocycles. The van der Waals surface area contributed by atoms with Crippen LogP contribution in [0.1, 0.15) is 24.5 Å². The number of rotatable bonds is 9. The van der Waals surface area contributed by atoms with E-state index in [-0.39, 0.29) is 18.9 Å². The van der Waals surface area contributed by atoms with Crippen molar-refractivity contribution in [1.29, 1.82) is 0 Å². The van der Waals surface area contributed by atoms with Gasteiger partial charge in [-0.3, -0.25) is 9.10 Å². The summed E-state index contributed by atoms with van der Waals surface area (Å²) in [4.78, 5) is 12.1. The van der Waals surface area contributed by atoms with E-state index in [1.165, 1.54) is 4.31 Å². The van der Waals surface area contributed by atoms with Gasteiger partial charge >= 0.3 is 0 Å². The summed E-state index contributed by atoms with van der Waals surface area (Å²) in [6.07, 6.45) is 2.93. The Hall–Kier alpha value is -2.34. The van der Waals surface area contributed by atoms with Gasteiger partial charge in [-0.15, -0.1) is 0 Å². The van der Waals surface area contributed by atoms with Crippen molar-refractivity contribution >= 4 is 21.6 Å². The van der Waals surface area contributed by atoms with Crippen LogP contribution in [0.25, 0.3) is 0 Å². The van der Waals surface area contributed by atoms with Gasteiger partial charge in [0.05, 0.1) is 11.9 Å². The Morgan fingerprint density at radius 2 is 1.65 bits per heavy atom. The van der Waals surface area contributed by atoms with Gasteiger partial charge in [0.25, 0.3) is 0 Å². The van der Waals surface area contributed by atoms with E-state index in [1.54, 1.807) is 12.1 Å². The van der Waals surface area contributed by atoms with Crippen LogP contribution in [0.2, 0.25) is 0 Å². The summed E-state index contributed by atoms with van der Waals surface area (Å²) >= 11 is 0. The average Bonchev–Trinajstić information content (AvgIpc) is 2.62. The Balaban J connectivity index is 1.89. The molecule has 0 atom stereocenters. The Morgan fingerprint density at radius 1 is 1.00 bits per heavy atom. The van der Waals surface area contributed by atoms with E-state index in [1.807, 2.05) is 49.4 Å². The first-order chi connectivity index (χ1) is 12.4. The third kappa shape index (κ3) is 6.19. The molecule has 0 saturated carbocycles. The zero-order valence-electron chi connectivity index (χ0n) is 15.3. The molecule has 1 amide bonds. The molecule has 0 heterocycles. The molecule has 0 aliphatic rings. The van der Waals surface area contributed by atoms with Crippen LogP contribution in [0.5, 0.6) is 0 Å². The van der Waals surface area contributed by atoms with Crippen LogP contribution in [-0.4, -0.2) is 33.7 Å². The number of carbonyl (C=O) groups excluding carboxylic acids is 1. The van der Waals surface area contributed by atoms with E-state index >= 15 is 0 Å². The van der Waals surface area contributed by atoms with Gasteiger partial charge in [0.2, 0.25) is 15.9 Å². The molecule has 26 heavy (non-hydrogen) atoms. The zero-order valence-corrected chi connectivity index (χ0v) is 16.1. The predicted molar refractivity (Wildman–Crippen MR) is 106 cm³/mol. The first-order valence-corrected chi connectivity index (χ1v) is 10.6. The predicted octanol–water partition coefficient (Wildman–Crippen LogP) is 2.76. The van der Waals surface area contributed by atoms with Crippen molar-refractivity contribution in [2.75, 3.05) is 23.7 Å². The van der Waals surface area contributed by atoms with Gasteiger partial charge in [-0.1, -0.05) is 49.4 Å². The Labute approximate surface area is 156 Å². The number of nitrogens with one attached hydrogen (secondary N) is 1. The molecule has 0 fully saturated rings. The summed E-state index contributed by atoms with van der Waals surface area (Å²) in [5.74, 6) is -0.153. The lowest BCUT2D eigenvalue weighted by Crippen LogP contribution is -2.35. The zero-order chi connectivity index (χ0) is 19.0. The van der Waals surface area contributed by atoms with Crippen LogP contribution < -0.4 is 9.62 Å². The Kier molecular flexibility index (Phi) is 7.21. The van der Waals surface area contributed by atoms with Gasteiger partial charge in [-0.25, -0.2) is 8.42 Å². The van der Waals surface area contributed by atoms with E-state index < -0.39 is 10.0 Å². The highest BCUT2D eigenvalue weighted by Gasteiger charge is 2.18. The molecule has 1 N–H and O–H groups in total. The molecule has 0 saturated heterocycles. The Morgan fingerprint density at radius 3 is 2.23 bits per heavy atom. The lowest BCUT2D eigenvalue weighted by atomic mass is 10.1. The van der Waals surface area contributed by atoms with Crippen molar-refractivity contribution < 1.29 is 13.2 Å². The fraction of sp³-hybridized carbons (Fsp3) is 0.350. The van der Waals surface area contributed by atoms with Crippen molar-refractivity contribution in [3.05, 3.63) is 65.7 Å². The third-order valence-electron chi connectivity index (χ3n) is 4.15. The summed E-state index contributed by atoms with van der Waals surface area (Å²) in [6.45, 7) is 2.71. The van der Waals surface area contributed by atoms with E-state index in [0.717, 1.165) is 30.2 Å². The Bertz CT molecular complexity index is 803. The van der Waals surface area contributed by atoms with Crippen molar-refractivity contribution in [1.82, 2.24) is 5.32 Å². The normalized spacial score (nSPS) is 11.2. The summed E-state index contributed by atoms with van der Waals surface area (Å²) < 4.78 is 25.5. The van der Waals surface area contributed by atoms with Gasteiger partial charge in [0.15, 0.2) is 0 Å². The number of carbonyl (C=O) groups is 1. The van der Waals surface area contributed by atoms with Gasteiger partial charge in [0.1, 0.15) is 0 Å². The molecular weight excluding hydrogens is 348 g/mol. The highest BCUT2D eigenvalue weighted by Crippen LogP contribution is 2.19. The minimum atomic E-state index is -3.44. The molecule has 2 rings (SSSR count). The molecule has 0 radical (unpaired) electrons. The average molecular weight is 375 g/mol. The number of hydrogen-bond donors (Lipinski definition) is 1. The standard InChI is InChI=1S/C20H26N2O3S/c1-3-17-9-11-19(12-10-17)22(26(2,24)25)16-14-20(23)21-15-13-18-7-5-4-6-8-18/h4-12H,3,13-16H2,1-2H3,(H,21,23). The fourth-order valence-corrected chi connectivity index (χ4v) is 3.59. The maximum atomic E-state index is 12.1. The second-order valence-corrected chi connectivity index (χ2v) is 8.10. The molecule has 2 aromatic rings. The van der Waals surface area contributed by atoms with Crippen molar-refractivity contribution in [2.45, 2.75) is 26.2 Å². The summed E-state index contributed by atoms with van der Waals surface area (Å²) in [6, 6.07) is 17.3. The van der Waals surface area contributed by atoms with Crippen molar-refractivity contribution in [3.63, 3.8) is 0 Å². The molecule has 0 unspecified atom stereocenters. The van der Waals surface area contributed by atoms with Crippen LogP contribution in [0.4, 0.5) is 5.69 Å². The quantitative estimate of drug-likeness (QED) is 0.734. The molecule has 0 spiro atoms. The first kappa shape index (κ1) is 20.0. The highest BCUT2D eigenvalue weighted by molar-refractivity contribution is 7.92. The topological polar surface area (TPSA) is 66.5 Å². The minimum Gasteiger partial charge on any atom is -0.356 e. The largest absolute Gasteiger partial charge is 0.356 e. The van der Waals surface area contributed by atoms with Crippen LogP contribution in [-0.2, 0) is 27.7 Å². The number of amides is 1. The fourth-order valence-electron chi connectivity index (χ4n) is 2.67. The third-order valence-corrected chi connectivity index (χ3v) is 5.35. The lowest BCUT2D eigenvalue weighted by molar-refractivity contribution is -0.120. The van der Waals surface area contributed by atoms with Crippen LogP contribution in [0.15, 0.2) is 54.6 Å².